The van der Waals surface area contributed by atoms with E-state index in [9.17, 15) is 19.2 Å². The van der Waals surface area contributed by atoms with Crippen LogP contribution in [0.5, 0.6) is 5.75 Å². The van der Waals surface area contributed by atoms with Gasteiger partial charge < -0.3 is 14.5 Å². The zero-order valence-electron chi connectivity index (χ0n) is 21.0. The third-order valence-corrected chi connectivity index (χ3v) is 7.75. The maximum absolute atomic E-state index is 14.0. The number of carbonyl (C=O) groups excluding carboxylic acids is 4. The molecule has 0 saturated heterocycles. The number of hydrogen-bond acceptors (Lipinski definition) is 5. The van der Waals surface area contributed by atoms with Crippen LogP contribution in [0.2, 0.25) is 0 Å². The number of para-hydroxylation sites is 2. The van der Waals surface area contributed by atoms with Gasteiger partial charge >= 0.3 is 0 Å². The van der Waals surface area contributed by atoms with Crippen LogP contribution >= 0.6 is 0 Å². The number of rotatable bonds is 5. The summed E-state index contributed by atoms with van der Waals surface area (Å²) in [6.07, 6.45) is 2.17. The Morgan fingerprint density at radius 3 is 2.34 bits per heavy atom. The van der Waals surface area contributed by atoms with Crippen molar-refractivity contribution in [3.63, 3.8) is 0 Å². The molecule has 2 unspecified atom stereocenters. The Labute approximate surface area is 220 Å². The summed E-state index contributed by atoms with van der Waals surface area (Å²) >= 11 is 0. The highest BCUT2D eigenvalue weighted by atomic mass is 16.5. The first-order chi connectivity index (χ1) is 18.5. The quantitative estimate of drug-likeness (QED) is 0.485. The van der Waals surface area contributed by atoms with E-state index in [1.165, 1.54) is 7.11 Å². The summed E-state index contributed by atoms with van der Waals surface area (Å²) in [5.41, 5.74) is 2.65. The number of benzene rings is 3. The zero-order valence-corrected chi connectivity index (χ0v) is 21.0. The predicted molar refractivity (Wildman–Crippen MR) is 141 cm³/mol. The van der Waals surface area contributed by atoms with Crippen molar-refractivity contribution >= 4 is 35.0 Å². The van der Waals surface area contributed by atoms with Crippen molar-refractivity contribution in [3.05, 3.63) is 89.5 Å². The van der Waals surface area contributed by atoms with E-state index in [1.54, 1.807) is 28.0 Å². The van der Waals surface area contributed by atoms with Crippen molar-refractivity contribution < 1.29 is 23.9 Å². The lowest BCUT2D eigenvalue weighted by Crippen LogP contribution is -2.49. The van der Waals surface area contributed by atoms with Crippen LogP contribution in [-0.2, 0) is 16.1 Å². The Hall–Kier alpha value is -4.46. The van der Waals surface area contributed by atoms with Gasteiger partial charge in [0.15, 0.2) is 0 Å². The van der Waals surface area contributed by atoms with Gasteiger partial charge in [0.2, 0.25) is 11.8 Å². The van der Waals surface area contributed by atoms with E-state index in [4.69, 9.17) is 4.74 Å². The maximum atomic E-state index is 14.0. The minimum Gasteiger partial charge on any atom is -0.496 e. The number of methoxy groups -OCH3 is 1. The Balaban J connectivity index is 1.37. The second kappa shape index (κ2) is 9.45. The zero-order chi connectivity index (χ0) is 26.4. The van der Waals surface area contributed by atoms with Gasteiger partial charge in [-0.2, -0.15) is 0 Å². The monoisotopic (exact) mass is 509 g/mol. The molecule has 0 radical (unpaired) electrons. The number of imide groups is 1. The van der Waals surface area contributed by atoms with E-state index in [2.05, 4.69) is 0 Å². The largest absolute Gasteiger partial charge is 0.496 e. The van der Waals surface area contributed by atoms with Crippen molar-refractivity contribution in [3.8, 4) is 5.75 Å². The van der Waals surface area contributed by atoms with Gasteiger partial charge in [-0.25, -0.2) is 0 Å². The number of carbonyl (C=O) groups is 4. The van der Waals surface area contributed by atoms with Gasteiger partial charge in [0.25, 0.3) is 11.8 Å². The average molecular weight is 510 g/mol. The van der Waals surface area contributed by atoms with Crippen molar-refractivity contribution in [1.29, 1.82) is 0 Å². The molecule has 2 aliphatic heterocycles. The number of hydrogen-bond donors (Lipinski definition) is 0. The first-order valence-corrected chi connectivity index (χ1v) is 12.8. The molecule has 0 N–H and O–H groups in total. The van der Waals surface area contributed by atoms with Gasteiger partial charge in [-0.15, -0.1) is 0 Å². The molecule has 4 amide bonds. The van der Waals surface area contributed by atoms with Crippen LogP contribution in [0.1, 0.15) is 45.5 Å². The summed E-state index contributed by atoms with van der Waals surface area (Å²) in [4.78, 5) is 58.7. The minimum absolute atomic E-state index is 0.00966. The van der Waals surface area contributed by atoms with Crippen LogP contribution in [0.15, 0.2) is 72.8 Å². The summed E-state index contributed by atoms with van der Waals surface area (Å²) in [5.74, 6) is -1.54. The van der Waals surface area contributed by atoms with E-state index >= 15 is 0 Å². The number of ether oxygens (including phenoxy) is 1. The number of nitrogens with zero attached hydrogens (tertiary/aromatic N) is 3. The van der Waals surface area contributed by atoms with E-state index in [1.807, 2.05) is 54.6 Å². The van der Waals surface area contributed by atoms with Crippen LogP contribution in [-0.4, -0.2) is 48.2 Å². The molecular weight excluding hydrogens is 482 g/mol. The van der Waals surface area contributed by atoms with Crippen molar-refractivity contribution in [1.82, 2.24) is 4.90 Å². The Morgan fingerprint density at radius 1 is 0.842 bits per heavy atom. The summed E-state index contributed by atoms with van der Waals surface area (Å²) in [6, 6.07) is 21.6. The van der Waals surface area contributed by atoms with Crippen LogP contribution in [0.3, 0.4) is 0 Å². The highest BCUT2D eigenvalue weighted by Crippen LogP contribution is 2.43. The molecule has 0 bridgehead atoms. The van der Waals surface area contributed by atoms with Crippen molar-refractivity contribution in [2.45, 2.75) is 31.8 Å². The van der Waals surface area contributed by atoms with E-state index in [0.29, 0.717) is 36.5 Å². The lowest BCUT2D eigenvalue weighted by atomic mass is 10.0. The van der Waals surface area contributed by atoms with E-state index < -0.39 is 24.3 Å². The fourth-order valence-corrected chi connectivity index (χ4v) is 6.01. The summed E-state index contributed by atoms with van der Waals surface area (Å²) in [7, 11) is 1.44. The van der Waals surface area contributed by atoms with Crippen LogP contribution < -0.4 is 14.5 Å². The van der Waals surface area contributed by atoms with Gasteiger partial charge in [0.05, 0.1) is 42.1 Å². The second-order valence-corrected chi connectivity index (χ2v) is 9.85. The molecule has 3 aromatic rings. The van der Waals surface area contributed by atoms with Crippen LogP contribution in [0, 0.1) is 5.92 Å². The Kier molecular flexibility index (Phi) is 5.94. The molecule has 0 spiro atoms. The molecule has 6 rings (SSSR count). The van der Waals surface area contributed by atoms with E-state index in [0.717, 1.165) is 16.9 Å². The molecule has 3 aromatic carbocycles. The number of amides is 4. The third kappa shape index (κ3) is 3.75. The van der Waals surface area contributed by atoms with Gasteiger partial charge in [-0.05, 0) is 42.7 Å². The van der Waals surface area contributed by atoms with Gasteiger partial charge in [-0.1, -0.05) is 55.0 Å². The van der Waals surface area contributed by atoms with Gasteiger partial charge in [0, 0.05) is 6.04 Å². The summed E-state index contributed by atoms with van der Waals surface area (Å²) < 4.78 is 5.30. The molecule has 1 aliphatic carbocycles. The van der Waals surface area contributed by atoms with Crippen molar-refractivity contribution in [2.24, 2.45) is 5.92 Å². The Bertz CT molecular complexity index is 1450. The first kappa shape index (κ1) is 23.9. The average Bonchev–Trinajstić information content (AvgIpc) is 3.49. The molecule has 2 heterocycles. The van der Waals surface area contributed by atoms with Crippen LogP contribution in [0.25, 0.3) is 0 Å². The maximum Gasteiger partial charge on any atom is 0.265 e. The molecule has 8 nitrogen and oxygen atoms in total. The lowest BCUT2D eigenvalue weighted by molar-refractivity contribution is -0.123. The fraction of sp³-hybridized carbons (Fsp3) is 0.267. The standard InChI is InChI=1S/C30H27N3O5/c1-38-25-16-8-12-21-27(25)30(37)32(29(21)36)18-26(34)33-22-15-7-11-20(22)28(35)31(17-19-9-3-2-4-10-19)23-13-5-6-14-24(23)33/h2-6,8-10,12-14,16,20,22H,7,11,15,17-18H2,1H3. The second-order valence-electron chi connectivity index (χ2n) is 9.85. The van der Waals surface area contributed by atoms with Crippen LogP contribution in [0.4, 0.5) is 11.4 Å². The SMILES string of the molecule is COc1cccc2c1C(=O)N(CC(=O)N1c3ccccc3N(Cc3ccccc3)C(=O)C3CCCC31)C2=O. The first-order valence-electron chi connectivity index (χ1n) is 12.8. The molecule has 2 atom stereocenters. The molecule has 1 fully saturated rings. The molecule has 3 aliphatic rings. The molecule has 192 valence electrons. The Morgan fingerprint density at radius 2 is 1.58 bits per heavy atom. The van der Waals surface area contributed by atoms with E-state index in [-0.39, 0.29) is 29.0 Å². The minimum atomic E-state index is -0.552. The third-order valence-electron chi connectivity index (χ3n) is 7.75. The highest BCUT2D eigenvalue weighted by Gasteiger charge is 2.47. The lowest BCUT2D eigenvalue weighted by Gasteiger charge is -2.31. The fourth-order valence-electron chi connectivity index (χ4n) is 6.01. The smallest absolute Gasteiger partial charge is 0.265 e. The van der Waals surface area contributed by atoms with Crippen molar-refractivity contribution in [2.75, 3.05) is 23.5 Å². The topological polar surface area (TPSA) is 87.2 Å². The molecule has 8 heteroatoms. The predicted octanol–water partition coefficient (Wildman–Crippen LogP) is 4.04. The molecule has 0 aromatic heterocycles. The molecular formula is C30H27N3O5. The molecule has 1 saturated carbocycles. The summed E-state index contributed by atoms with van der Waals surface area (Å²) in [6.45, 7) is -0.0277. The van der Waals surface area contributed by atoms with Gasteiger partial charge in [-0.3, -0.25) is 24.1 Å². The number of fused-ring (bicyclic) bond motifs is 3. The number of anilines is 2. The highest BCUT2D eigenvalue weighted by molar-refractivity contribution is 6.24. The normalized spacial score (nSPS) is 20.2. The summed E-state index contributed by atoms with van der Waals surface area (Å²) in [5, 5.41) is 0. The molecule has 38 heavy (non-hydrogen) atoms. The van der Waals surface area contributed by atoms with Gasteiger partial charge in [0.1, 0.15) is 12.3 Å².